The summed E-state index contributed by atoms with van der Waals surface area (Å²) in [6.07, 6.45) is 4.02. The molecule has 2 aliphatic rings. The predicted molar refractivity (Wildman–Crippen MR) is 117 cm³/mol. The van der Waals surface area contributed by atoms with Crippen LogP contribution in [-0.2, 0) is 19.4 Å². The van der Waals surface area contributed by atoms with E-state index in [9.17, 15) is 18.0 Å². The van der Waals surface area contributed by atoms with Gasteiger partial charge in [-0.1, -0.05) is 17.7 Å². The number of sulfone groups is 1. The maximum absolute atomic E-state index is 13.3. The van der Waals surface area contributed by atoms with Crippen LogP contribution in [0.5, 0.6) is 0 Å². The van der Waals surface area contributed by atoms with Crippen LogP contribution in [-0.4, -0.2) is 45.4 Å². The minimum Gasteiger partial charge on any atom is -0.465 e. The Labute approximate surface area is 185 Å². The Morgan fingerprint density at radius 2 is 1.77 bits per heavy atom. The first kappa shape index (κ1) is 21.4. The smallest absolute Gasteiger partial charge is 0.337 e. The summed E-state index contributed by atoms with van der Waals surface area (Å²) in [6, 6.07) is 11.0. The molecule has 1 fully saturated rings. The molecule has 0 N–H and O–H groups in total. The Hall–Kier alpha value is -2.84. The van der Waals surface area contributed by atoms with Crippen molar-refractivity contribution in [2.45, 2.75) is 24.2 Å². The third kappa shape index (κ3) is 3.93. The third-order valence-electron chi connectivity index (χ3n) is 5.41. The van der Waals surface area contributed by atoms with Gasteiger partial charge in [0.05, 0.1) is 23.3 Å². The van der Waals surface area contributed by atoms with Crippen molar-refractivity contribution in [3.8, 4) is 0 Å². The van der Waals surface area contributed by atoms with E-state index in [1.54, 1.807) is 34.1 Å². The number of nitrogens with zero attached hydrogens (tertiary/aromatic N) is 2. The standard InChI is InChI=1S/C22H21ClN2O5S/c1-30-22(27)15-6-5-7-17(12-15)25-14-20(21(26)24-10-3-2-4-11-24)31(28,29)19-9-8-16(23)13-18(19)25/h5-9,12-14H,2-4,10-11H2,1H3. The Bertz CT molecular complexity index is 1190. The number of carbonyl (C=O) groups excluding carboxylic acids is 2. The summed E-state index contributed by atoms with van der Waals surface area (Å²) in [7, 11) is -2.76. The molecule has 162 valence electrons. The highest BCUT2D eigenvalue weighted by Crippen LogP contribution is 2.41. The topological polar surface area (TPSA) is 84.0 Å². The highest BCUT2D eigenvalue weighted by atomic mass is 35.5. The maximum Gasteiger partial charge on any atom is 0.337 e. The van der Waals surface area contributed by atoms with Crippen LogP contribution < -0.4 is 4.90 Å². The molecule has 7 nitrogen and oxygen atoms in total. The van der Waals surface area contributed by atoms with Gasteiger partial charge in [-0.05, 0) is 55.7 Å². The van der Waals surface area contributed by atoms with E-state index in [0.29, 0.717) is 35.1 Å². The van der Waals surface area contributed by atoms with Gasteiger partial charge >= 0.3 is 5.97 Å². The van der Waals surface area contributed by atoms with Gasteiger partial charge in [-0.15, -0.1) is 0 Å². The largest absolute Gasteiger partial charge is 0.465 e. The molecule has 2 aliphatic heterocycles. The molecule has 31 heavy (non-hydrogen) atoms. The number of anilines is 2. The number of hydrogen-bond donors (Lipinski definition) is 0. The number of fused-ring (bicyclic) bond motifs is 1. The van der Waals surface area contributed by atoms with E-state index < -0.39 is 21.7 Å². The molecule has 0 radical (unpaired) electrons. The zero-order chi connectivity index (χ0) is 22.2. The minimum atomic E-state index is -4.04. The molecule has 2 aromatic rings. The Morgan fingerprint density at radius 3 is 2.48 bits per heavy atom. The van der Waals surface area contributed by atoms with Crippen molar-refractivity contribution in [1.29, 1.82) is 0 Å². The van der Waals surface area contributed by atoms with Gasteiger partial charge < -0.3 is 14.5 Å². The lowest BCUT2D eigenvalue weighted by molar-refractivity contribution is -0.127. The summed E-state index contributed by atoms with van der Waals surface area (Å²) in [5, 5.41) is 0.349. The fourth-order valence-corrected chi connectivity index (χ4v) is 5.50. The number of amides is 1. The van der Waals surface area contributed by atoms with Crippen LogP contribution in [0.4, 0.5) is 11.4 Å². The van der Waals surface area contributed by atoms with Crippen molar-refractivity contribution >= 4 is 44.7 Å². The second kappa shape index (κ2) is 8.36. The molecule has 0 atom stereocenters. The lowest BCUT2D eigenvalue weighted by Crippen LogP contribution is -2.39. The van der Waals surface area contributed by atoms with Crippen LogP contribution in [0, 0.1) is 0 Å². The van der Waals surface area contributed by atoms with Crippen molar-refractivity contribution in [2.75, 3.05) is 25.1 Å². The molecule has 0 aliphatic carbocycles. The molecule has 0 unspecified atom stereocenters. The molecule has 0 bridgehead atoms. The van der Waals surface area contributed by atoms with Crippen LogP contribution in [0.25, 0.3) is 0 Å². The summed E-state index contributed by atoms with van der Waals surface area (Å²) in [6.45, 7) is 1.05. The molecular weight excluding hydrogens is 440 g/mol. The minimum absolute atomic E-state index is 0.0109. The van der Waals surface area contributed by atoms with Crippen molar-refractivity contribution in [3.05, 3.63) is 64.2 Å². The maximum atomic E-state index is 13.3. The first-order valence-corrected chi connectivity index (χ1v) is 11.7. The molecule has 0 aromatic heterocycles. The lowest BCUT2D eigenvalue weighted by atomic mass is 10.1. The Kier molecular flexibility index (Phi) is 5.77. The second-order valence-electron chi connectivity index (χ2n) is 7.37. The number of carbonyl (C=O) groups is 2. The van der Waals surface area contributed by atoms with Crippen LogP contribution in [0.2, 0.25) is 5.02 Å². The molecule has 9 heteroatoms. The number of benzene rings is 2. The number of piperidine rings is 1. The van der Waals surface area contributed by atoms with Crippen molar-refractivity contribution in [2.24, 2.45) is 0 Å². The van der Waals surface area contributed by atoms with Crippen molar-refractivity contribution in [3.63, 3.8) is 0 Å². The summed E-state index contributed by atoms with van der Waals surface area (Å²) in [5.41, 5.74) is 1.12. The lowest BCUT2D eigenvalue weighted by Gasteiger charge is -2.32. The van der Waals surface area contributed by atoms with E-state index in [-0.39, 0.29) is 9.80 Å². The fourth-order valence-electron chi connectivity index (χ4n) is 3.82. The van der Waals surface area contributed by atoms with E-state index in [0.717, 1.165) is 19.3 Å². The summed E-state index contributed by atoms with van der Waals surface area (Å²) >= 11 is 6.16. The number of rotatable bonds is 3. The average Bonchev–Trinajstić information content (AvgIpc) is 2.78. The molecule has 0 spiro atoms. The number of likely N-dealkylation sites (tertiary alicyclic amines) is 1. The Morgan fingerprint density at radius 1 is 1.03 bits per heavy atom. The zero-order valence-electron chi connectivity index (χ0n) is 16.9. The number of esters is 1. The van der Waals surface area contributed by atoms with Gasteiger partial charge in [-0.2, -0.15) is 0 Å². The number of methoxy groups -OCH3 is 1. The first-order chi connectivity index (χ1) is 14.8. The predicted octanol–water partition coefficient (Wildman–Crippen LogP) is 3.91. The monoisotopic (exact) mass is 460 g/mol. The summed E-state index contributed by atoms with van der Waals surface area (Å²) in [5.74, 6) is -1.04. The van der Waals surface area contributed by atoms with E-state index in [4.69, 9.17) is 16.3 Å². The van der Waals surface area contributed by atoms with Crippen LogP contribution in [0.1, 0.15) is 29.6 Å². The zero-order valence-corrected chi connectivity index (χ0v) is 18.4. The van der Waals surface area contributed by atoms with Crippen molar-refractivity contribution < 1.29 is 22.7 Å². The van der Waals surface area contributed by atoms with Crippen LogP contribution in [0.15, 0.2) is 58.5 Å². The summed E-state index contributed by atoms with van der Waals surface area (Å²) < 4.78 is 31.5. The second-order valence-corrected chi connectivity index (χ2v) is 9.70. The van der Waals surface area contributed by atoms with E-state index in [1.807, 2.05) is 0 Å². The third-order valence-corrected chi connectivity index (χ3v) is 7.42. The van der Waals surface area contributed by atoms with Gasteiger partial charge in [0.15, 0.2) is 4.91 Å². The van der Waals surface area contributed by atoms with Gasteiger partial charge in [-0.25, -0.2) is 13.2 Å². The van der Waals surface area contributed by atoms with E-state index in [2.05, 4.69) is 0 Å². The van der Waals surface area contributed by atoms with Crippen LogP contribution >= 0.6 is 11.6 Å². The van der Waals surface area contributed by atoms with Gasteiger partial charge in [0.1, 0.15) is 0 Å². The van der Waals surface area contributed by atoms with Gasteiger partial charge in [0, 0.05) is 30.0 Å². The van der Waals surface area contributed by atoms with Gasteiger partial charge in [0.2, 0.25) is 9.84 Å². The number of halogens is 1. The molecule has 2 heterocycles. The molecule has 1 saturated heterocycles. The highest BCUT2D eigenvalue weighted by Gasteiger charge is 2.38. The van der Waals surface area contributed by atoms with Gasteiger partial charge in [0.25, 0.3) is 5.91 Å². The molecule has 1 amide bonds. The Balaban J connectivity index is 1.87. The average molecular weight is 461 g/mol. The van der Waals surface area contributed by atoms with E-state index in [1.165, 1.54) is 31.5 Å². The molecular formula is C22H21ClN2O5S. The molecule has 0 saturated carbocycles. The van der Waals surface area contributed by atoms with Gasteiger partial charge in [-0.3, -0.25) is 4.79 Å². The first-order valence-electron chi connectivity index (χ1n) is 9.86. The van der Waals surface area contributed by atoms with E-state index >= 15 is 0 Å². The SMILES string of the molecule is COC(=O)c1cccc(N2C=C(C(=O)N3CCCCC3)S(=O)(=O)c3ccc(Cl)cc32)c1. The normalized spacial score (nSPS) is 17.5. The number of hydrogen-bond acceptors (Lipinski definition) is 6. The highest BCUT2D eigenvalue weighted by molar-refractivity contribution is 7.96. The van der Waals surface area contributed by atoms with Crippen molar-refractivity contribution in [1.82, 2.24) is 4.90 Å². The quantitative estimate of drug-likeness (QED) is 0.646. The molecule has 2 aromatic carbocycles. The number of ether oxygens (including phenoxy) is 1. The summed E-state index contributed by atoms with van der Waals surface area (Å²) in [4.78, 5) is 28.0. The van der Waals surface area contributed by atoms with Crippen LogP contribution in [0.3, 0.4) is 0 Å². The molecule has 4 rings (SSSR count). The fraction of sp³-hybridized carbons (Fsp3) is 0.273.